The number of nitrogens with zero attached hydrogens (tertiary/aromatic N) is 2. The summed E-state index contributed by atoms with van der Waals surface area (Å²) in [5.74, 6) is -0.831. The van der Waals surface area contributed by atoms with Crippen molar-refractivity contribution in [2.75, 3.05) is 0 Å². The van der Waals surface area contributed by atoms with Crippen LogP contribution in [0.15, 0.2) is 48.5 Å². The predicted octanol–water partition coefficient (Wildman–Crippen LogP) is 20.1. The first-order chi connectivity index (χ1) is 38.8. The molecule has 0 aliphatic carbocycles. The quantitative estimate of drug-likeness (QED) is 0.0132. The van der Waals surface area contributed by atoms with Gasteiger partial charge in [0.2, 0.25) is 0 Å². The van der Waals surface area contributed by atoms with E-state index in [2.05, 4.69) is 155 Å². The molecule has 2 aliphatic rings. The fourth-order valence-corrected chi connectivity index (χ4v) is 47.3. The summed E-state index contributed by atoms with van der Waals surface area (Å²) in [6.45, 7) is 46.1. The van der Waals surface area contributed by atoms with Gasteiger partial charge in [-0.2, -0.15) is 0 Å². The number of hydrogen-bond acceptors (Lipinski definition) is 8. The van der Waals surface area contributed by atoms with Gasteiger partial charge in [-0.15, -0.1) is 0 Å². The molecule has 2 aliphatic heterocycles. The normalized spacial score (nSPS) is 15.4. The molecule has 0 atom stereocenters. The van der Waals surface area contributed by atoms with E-state index in [4.69, 9.17) is 16.5 Å². The van der Waals surface area contributed by atoms with Gasteiger partial charge in [0.1, 0.15) is 0 Å². The summed E-state index contributed by atoms with van der Waals surface area (Å²) >= 11 is 0. The third kappa shape index (κ3) is 17.8. The molecule has 18 heteroatoms. The lowest BCUT2D eigenvalue weighted by molar-refractivity contribution is 0.0501. The number of fused-ring (bicyclic) bond motifs is 2. The second kappa shape index (κ2) is 26.8. The first-order valence-electron chi connectivity index (χ1n) is 32.6. The molecule has 0 radical (unpaired) electrons. The molecule has 0 saturated carbocycles. The molecule has 0 aromatic heterocycles. The molecule has 5 aromatic rings. The van der Waals surface area contributed by atoms with Crippen molar-refractivity contribution in [1.82, 2.24) is 9.80 Å². The van der Waals surface area contributed by atoms with E-state index in [1.165, 1.54) is 0 Å². The minimum atomic E-state index is -1.79. The number of unbranched alkanes of at least 4 members (excludes halogenated alkanes) is 8. The first kappa shape index (κ1) is 68.7. The Hall–Kier alpha value is -2.74. The molecule has 2 heterocycles. The third-order valence-electron chi connectivity index (χ3n) is 17.0. The van der Waals surface area contributed by atoms with Crippen LogP contribution in [-0.2, 0) is 16.5 Å². The molecule has 0 spiro atoms. The van der Waals surface area contributed by atoms with Crippen LogP contribution in [0.25, 0.3) is 43.1 Å². The summed E-state index contributed by atoms with van der Waals surface area (Å²) < 4.78 is 26.7. The number of hydrogen-bond donors (Lipinski definition) is 0. The van der Waals surface area contributed by atoms with E-state index in [9.17, 15) is 0 Å². The van der Waals surface area contributed by atoms with E-state index < -0.39 is 66.5 Å². The maximum absolute atomic E-state index is 15.2. The summed E-state index contributed by atoms with van der Waals surface area (Å²) in [5, 5.41) is 6.89. The highest BCUT2D eigenvalue weighted by Crippen LogP contribution is 2.47. The lowest BCUT2D eigenvalue weighted by Crippen LogP contribution is -2.47. The van der Waals surface area contributed by atoms with Crippen molar-refractivity contribution in [3.63, 3.8) is 0 Å². The monoisotopic (exact) mass is 1280 g/mol. The van der Waals surface area contributed by atoms with E-state index in [0.717, 1.165) is 159 Å². The zero-order chi connectivity index (χ0) is 62.2. The highest BCUT2D eigenvalue weighted by molar-refractivity contribution is 6.86. The van der Waals surface area contributed by atoms with Crippen LogP contribution in [0.3, 0.4) is 0 Å². The molecule has 0 N–H and O–H groups in total. The summed E-state index contributed by atoms with van der Waals surface area (Å²) in [6.07, 6.45) is 15.4. The Kier molecular flexibility index (Phi) is 21.9. The van der Waals surface area contributed by atoms with Crippen LogP contribution in [0.1, 0.15) is 144 Å². The maximum atomic E-state index is 15.2. The van der Waals surface area contributed by atoms with Gasteiger partial charge in [-0.25, -0.2) is 0 Å². The summed E-state index contributed by atoms with van der Waals surface area (Å²) in [6, 6.07) is 20.0. The van der Waals surface area contributed by atoms with Crippen molar-refractivity contribution >= 4 is 133 Å². The highest BCUT2D eigenvalue weighted by atomic mass is 28.4. The number of carbonyl (C=O) groups excluding carboxylic acids is 4. The summed E-state index contributed by atoms with van der Waals surface area (Å²) in [4.78, 5) is 64.0. The van der Waals surface area contributed by atoms with Gasteiger partial charge >= 0.3 is 0 Å². The largest absolute Gasteiger partial charge is 0.456 e. The van der Waals surface area contributed by atoms with Crippen LogP contribution < -0.4 is 0 Å². The molecule has 0 fully saturated rings. The van der Waals surface area contributed by atoms with Gasteiger partial charge in [-0.1, -0.05) is 101 Å². The Bertz CT molecular complexity index is 2760. The lowest BCUT2D eigenvalue weighted by Gasteiger charge is -2.36. The third-order valence-corrected chi connectivity index (χ3v) is 41.9. The topological polar surface area (TPSA) is 112 Å². The smallest absolute Gasteiger partial charge is 0.261 e. The van der Waals surface area contributed by atoms with Crippen molar-refractivity contribution in [3.05, 3.63) is 70.8 Å². The van der Waals surface area contributed by atoms with Crippen molar-refractivity contribution in [2.45, 2.75) is 270 Å². The highest BCUT2D eigenvalue weighted by Gasteiger charge is 2.42. The molecule has 4 amide bonds. The molecule has 0 saturated heterocycles. The first-order valence-corrected chi connectivity index (χ1v) is 58.6. The van der Waals surface area contributed by atoms with Gasteiger partial charge in [0, 0.05) is 45.1 Å². The molecular formula is C66H110N2O8Si8. The Morgan fingerprint density at radius 1 is 0.286 bits per heavy atom. The van der Waals surface area contributed by atoms with Gasteiger partial charge in [-0.05, 0) is 237 Å². The van der Waals surface area contributed by atoms with Crippen molar-refractivity contribution < 1.29 is 35.6 Å². The fraction of sp³-hybridized carbons (Fsp3) is 0.636. The zero-order valence-electron chi connectivity index (χ0n) is 56.1. The SMILES string of the molecule is C[Si](C)(C)O[Si](C)(C)CCCCCC(CCCCC[Si](C)(C)O[Si](C)(C)C)N1C(=O)c2ccc3c4ccc5c6c(ccc(c7ccc(c2c37)C1=O)c64)C(=O)N(C(CCCCC[Si](C)(C)O[Si](C)(C)C)CCCCC[Si](C)(C)O[Si](C)(C)C)C5=O. The Labute approximate surface area is 516 Å². The maximum Gasteiger partial charge on any atom is 0.261 e. The molecule has 7 rings (SSSR count). The Morgan fingerprint density at radius 2 is 0.488 bits per heavy atom. The number of rotatable bonds is 34. The van der Waals surface area contributed by atoms with Gasteiger partial charge in [0.15, 0.2) is 66.5 Å². The van der Waals surface area contributed by atoms with Crippen LogP contribution >= 0.6 is 0 Å². The number of benzene rings is 5. The molecule has 10 nitrogen and oxygen atoms in total. The number of imide groups is 2. The van der Waals surface area contributed by atoms with Crippen LogP contribution in [-0.4, -0.2) is 112 Å². The van der Waals surface area contributed by atoms with E-state index in [1.807, 2.05) is 24.3 Å². The molecule has 84 heavy (non-hydrogen) atoms. The fourth-order valence-electron chi connectivity index (χ4n) is 14.7. The van der Waals surface area contributed by atoms with Gasteiger partial charge in [-0.3, -0.25) is 29.0 Å². The minimum absolute atomic E-state index is 0.208. The van der Waals surface area contributed by atoms with Crippen molar-refractivity contribution in [1.29, 1.82) is 0 Å². The zero-order valence-corrected chi connectivity index (χ0v) is 64.1. The van der Waals surface area contributed by atoms with Gasteiger partial charge in [0.25, 0.3) is 23.6 Å². The van der Waals surface area contributed by atoms with E-state index >= 15 is 19.2 Å². The summed E-state index contributed by atoms with van der Waals surface area (Å²) in [5.41, 5.74) is 2.28. The van der Waals surface area contributed by atoms with Crippen molar-refractivity contribution in [2.24, 2.45) is 0 Å². The average Bonchev–Trinajstić information content (AvgIpc) is 0.708. The van der Waals surface area contributed by atoms with Gasteiger partial charge in [0.05, 0.1) is 0 Å². The van der Waals surface area contributed by atoms with Crippen LogP contribution in [0.2, 0.25) is 155 Å². The second-order valence-corrected chi connectivity index (χ2v) is 67.9. The van der Waals surface area contributed by atoms with Crippen LogP contribution in [0.5, 0.6) is 0 Å². The van der Waals surface area contributed by atoms with E-state index in [-0.39, 0.29) is 35.7 Å². The van der Waals surface area contributed by atoms with E-state index in [1.54, 1.807) is 9.80 Å². The number of carbonyl (C=O) groups is 4. The standard InChI is InChI=1S/C66H110N2O8Si8/c1-77(2,3)73-81(13,14)45-29-21-25-33-49(34-26-22-30-46-82(15,16)74-78(4,5)6)67-63(69)55-41-37-51-53-39-43-57-62-58(44-40-54(60(53)62)52-38-42-56(64(67)70)61(55)59(51)52)66(72)68(65(57)71)50(35-27-23-31-47-83(17,18)75-79(7,8)9)36-28-24-32-48-84(19,20)76-80(10,11)12/h37-44,49-50H,21-36,45-48H2,1-20H3. The molecular weight excluding hydrogens is 1170 g/mol. The van der Waals surface area contributed by atoms with Crippen LogP contribution in [0, 0.1) is 0 Å². The van der Waals surface area contributed by atoms with E-state index in [0.29, 0.717) is 33.0 Å². The Morgan fingerprint density at radius 3 is 0.679 bits per heavy atom. The van der Waals surface area contributed by atoms with Gasteiger partial charge < -0.3 is 16.5 Å². The number of amides is 4. The second-order valence-electron chi connectivity index (χ2n) is 31.7. The van der Waals surface area contributed by atoms with Crippen LogP contribution in [0.4, 0.5) is 0 Å². The minimum Gasteiger partial charge on any atom is -0.456 e. The molecule has 5 aromatic carbocycles. The average molecular weight is 1280 g/mol. The predicted molar refractivity (Wildman–Crippen MR) is 377 cm³/mol. The summed E-state index contributed by atoms with van der Waals surface area (Å²) in [7, 11) is -13.7. The molecule has 0 unspecified atom stereocenters. The Balaban J connectivity index is 1.16. The molecule has 464 valence electrons. The van der Waals surface area contributed by atoms with Crippen molar-refractivity contribution in [3.8, 4) is 0 Å². The molecule has 0 bridgehead atoms. The lowest BCUT2D eigenvalue weighted by atomic mass is 9.81.